The lowest BCUT2D eigenvalue weighted by atomic mass is 9.76. The Morgan fingerprint density at radius 2 is 1.95 bits per heavy atom. The second kappa shape index (κ2) is 5.02. The van der Waals surface area contributed by atoms with Gasteiger partial charge in [0.2, 0.25) is 5.91 Å². The molecule has 1 aromatic rings. The van der Waals surface area contributed by atoms with Gasteiger partial charge in [-0.3, -0.25) is 9.59 Å². The molecule has 0 unspecified atom stereocenters. The third-order valence-corrected chi connectivity index (χ3v) is 4.60. The number of carbonyl (C=O) groups excluding carboxylic acids is 2. The topological polar surface area (TPSA) is 57.6 Å². The molecule has 20 heavy (non-hydrogen) atoms. The Labute approximate surface area is 118 Å². The molecule has 4 heteroatoms. The summed E-state index contributed by atoms with van der Waals surface area (Å²) in [4.78, 5) is 26.3. The third-order valence-electron chi connectivity index (χ3n) is 4.60. The largest absolute Gasteiger partial charge is 0.374 e. The Morgan fingerprint density at radius 3 is 2.60 bits per heavy atom. The summed E-state index contributed by atoms with van der Waals surface area (Å²) in [5.74, 6) is -0.116. The van der Waals surface area contributed by atoms with Gasteiger partial charge < -0.3 is 10.0 Å². The van der Waals surface area contributed by atoms with Crippen LogP contribution in [0.25, 0.3) is 0 Å². The maximum Gasteiger partial charge on any atom is 0.238 e. The van der Waals surface area contributed by atoms with Crippen molar-refractivity contribution in [2.45, 2.75) is 44.9 Å². The zero-order chi connectivity index (χ0) is 14.2. The van der Waals surface area contributed by atoms with Crippen molar-refractivity contribution in [3.63, 3.8) is 0 Å². The number of rotatable bonds is 2. The van der Waals surface area contributed by atoms with Crippen molar-refractivity contribution in [1.29, 1.82) is 0 Å². The van der Waals surface area contributed by atoms with Gasteiger partial charge in [0.1, 0.15) is 17.4 Å². The summed E-state index contributed by atoms with van der Waals surface area (Å²) < 4.78 is 0. The fraction of sp³-hybridized carbons (Fsp3) is 0.500. The van der Waals surface area contributed by atoms with Crippen LogP contribution in [0.15, 0.2) is 30.3 Å². The first kappa shape index (κ1) is 13.3. The number of Topliss-reactive ketones (excluding diaryl/α,β-unsaturated/α-hetero) is 1. The maximum absolute atomic E-state index is 12.7. The van der Waals surface area contributed by atoms with Crippen LogP contribution < -0.4 is 0 Å². The van der Waals surface area contributed by atoms with Gasteiger partial charge in [-0.2, -0.15) is 0 Å². The van der Waals surface area contributed by atoms with E-state index in [2.05, 4.69) is 0 Å². The van der Waals surface area contributed by atoms with Crippen LogP contribution in [-0.4, -0.2) is 27.9 Å². The number of likely N-dealkylation sites (tertiary alicyclic amines) is 1. The molecule has 0 bridgehead atoms. The predicted octanol–water partition coefficient (Wildman–Crippen LogP) is 1.87. The van der Waals surface area contributed by atoms with E-state index in [1.807, 2.05) is 30.3 Å². The fourth-order valence-electron chi connectivity index (χ4n) is 3.43. The van der Waals surface area contributed by atoms with Gasteiger partial charge in [0, 0.05) is 13.0 Å². The van der Waals surface area contributed by atoms with E-state index in [0.717, 1.165) is 12.0 Å². The van der Waals surface area contributed by atoms with Crippen LogP contribution in [0.3, 0.4) is 0 Å². The van der Waals surface area contributed by atoms with E-state index in [9.17, 15) is 14.7 Å². The minimum Gasteiger partial charge on any atom is -0.374 e. The van der Waals surface area contributed by atoms with Crippen LogP contribution in [0.2, 0.25) is 0 Å². The highest BCUT2D eigenvalue weighted by molar-refractivity contribution is 6.07. The smallest absolute Gasteiger partial charge is 0.238 e. The molecule has 3 rings (SSSR count). The van der Waals surface area contributed by atoms with Crippen molar-refractivity contribution in [2.75, 3.05) is 0 Å². The zero-order valence-corrected chi connectivity index (χ0v) is 11.4. The number of piperidine rings is 1. The molecule has 4 nitrogen and oxygen atoms in total. The van der Waals surface area contributed by atoms with Crippen molar-refractivity contribution >= 4 is 11.7 Å². The van der Waals surface area contributed by atoms with Crippen LogP contribution in [0.1, 0.15) is 37.7 Å². The molecule has 2 fully saturated rings. The highest BCUT2D eigenvalue weighted by Gasteiger charge is 2.53. The molecule has 1 aliphatic heterocycles. The molecule has 106 valence electrons. The molecule has 0 radical (unpaired) electrons. The minimum absolute atomic E-state index is 0.0625. The van der Waals surface area contributed by atoms with Crippen molar-refractivity contribution in [3.05, 3.63) is 35.9 Å². The summed E-state index contributed by atoms with van der Waals surface area (Å²) in [5, 5.41) is 10.1. The van der Waals surface area contributed by atoms with Gasteiger partial charge in [-0.05, 0) is 31.2 Å². The van der Waals surface area contributed by atoms with E-state index in [1.165, 1.54) is 4.90 Å². The number of aliphatic hydroxyl groups excluding tert-OH is 1. The van der Waals surface area contributed by atoms with Crippen LogP contribution in [0.5, 0.6) is 0 Å². The molecular formula is C16H19NO3. The van der Waals surface area contributed by atoms with Gasteiger partial charge in [-0.1, -0.05) is 30.3 Å². The summed E-state index contributed by atoms with van der Waals surface area (Å²) >= 11 is 0. The fourth-order valence-corrected chi connectivity index (χ4v) is 3.43. The van der Waals surface area contributed by atoms with E-state index < -0.39 is 11.6 Å². The Morgan fingerprint density at radius 1 is 1.20 bits per heavy atom. The van der Waals surface area contributed by atoms with Crippen LogP contribution >= 0.6 is 0 Å². The molecular weight excluding hydrogens is 254 g/mol. The number of benzene rings is 1. The van der Waals surface area contributed by atoms with E-state index in [0.29, 0.717) is 32.2 Å². The van der Waals surface area contributed by atoms with Crippen LogP contribution in [0, 0.1) is 5.41 Å². The Bertz CT molecular complexity index is 528. The first-order valence-electron chi connectivity index (χ1n) is 7.20. The maximum atomic E-state index is 12.7. The van der Waals surface area contributed by atoms with Crippen molar-refractivity contribution in [2.24, 2.45) is 5.41 Å². The Kier molecular flexibility index (Phi) is 3.34. The molecule has 1 heterocycles. The summed E-state index contributed by atoms with van der Waals surface area (Å²) in [6, 6.07) is 9.59. The number of carbonyl (C=O) groups is 2. The molecule has 0 aromatic heterocycles. The standard InChI is InChI=1S/C16H19NO3/c18-13-7-4-9-16(13)10-8-14(19)17(15(16)20)11-12-5-2-1-3-6-12/h1-3,5-6,14,19H,4,7-11H2/t14-,16+/m1/s1. The Hall–Kier alpha value is -1.68. The number of hydrogen-bond donors (Lipinski definition) is 1. The summed E-state index contributed by atoms with van der Waals surface area (Å²) in [6.45, 7) is 0.371. The van der Waals surface area contributed by atoms with Gasteiger partial charge >= 0.3 is 0 Å². The lowest BCUT2D eigenvalue weighted by Crippen LogP contribution is -2.54. The Balaban J connectivity index is 1.85. The number of nitrogens with zero attached hydrogens (tertiary/aromatic N) is 1. The molecule has 1 aliphatic carbocycles. The lowest BCUT2D eigenvalue weighted by Gasteiger charge is -2.41. The first-order chi connectivity index (χ1) is 9.63. The lowest BCUT2D eigenvalue weighted by molar-refractivity contribution is -0.166. The summed E-state index contributed by atoms with van der Waals surface area (Å²) in [6.07, 6.45) is 2.15. The molecule has 1 spiro atoms. The highest BCUT2D eigenvalue weighted by Crippen LogP contribution is 2.44. The van der Waals surface area contributed by atoms with Crippen molar-refractivity contribution in [1.82, 2.24) is 4.90 Å². The van der Waals surface area contributed by atoms with Crippen molar-refractivity contribution < 1.29 is 14.7 Å². The zero-order valence-electron chi connectivity index (χ0n) is 11.4. The number of hydrogen-bond acceptors (Lipinski definition) is 3. The number of amides is 1. The minimum atomic E-state index is -0.839. The van der Waals surface area contributed by atoms with Crippen LogP contribution in [0.4, 0.5) is 0 Å². The van der Waals surface area contributed by atoms with Crippen LogP contribution in [-0.2, 0) is 16.1 Å². The molecule has 1 saturated carbocycles. The average molecular weight is 273 g/mol. The first-order valence-corrected chi connectivity index (χ1v) is 7.20. The van der Waals surface area contributed by atoms with E-state index in [-0.39, 0.29) is 11.7 Å². The predicted molar refractivity (Wildman–Crippen MR) is 73.5 cm³/mol. The quantitative estimate of drug-likeness (QED) is 0.837. The average Bonchev–Trinajstić information content (AvgIpc) is 2.83. The second-order valence-electron chi connectivity index (χ2n) is 5.80. The monoisotopic (exact) mass is 273 g/mol. The third kappa shape index (κ3) is 2.04. The van der Waals surface area contributed by atoms with Crippen molar-refractivity contribution in [3.8, 4) is 0 Å². The highest BCUT2D eigenvalue weighted by atomic mass is 16.3. The second-order valence-corrected chi connectivity index (χ2v) is 5.80. The molecule has 2 atom stereocenters. The van der Waals surface area contributed by atoms with Gasteiger partial charge in [0.05, 0.1) is 0 Å². The van der Waals surface area contributed by atoms with Gasteiger partial charge in [0.15, 0.2) is 0 Å². The molecule has 1 N–H and O–H groups in total. The molecule has 2 aliphatic rings. The summed E-state index contributed by atoms with van der Waals surface area (Å²) in [7, 11) is 0. The van der Waals surface area contributed by atoms with E-state index >= 15 is 0 Å². The molecule has 1 aromatic carbocycles. The van der Waals surface area contributed by atoms with Gasteiger partial charge in [-0.25, -0.2) is 0 Å². The van der Waals surface area contributed by atoms with E-state index in [4.69, 9.17) is 0 Å². The van der Waals surface area contributed by atoms with E-state index in [1.54, 1.807) is 0 Å². The van der Waals surface area contributed by atoms with Gasteiger partial charge in [-0.15, -0.1) is 0 Å². The SMILES string of the molecule is O=C1CCC[C@]12CC[C@@H](O)N(Cc1ccccc1)C2=O. The number of aliphatic hydroxyl groups is 1. The molecule has 1 amide bonds. The summed E-state index contributed by atoms with van der Waals surface area (Å²) in [5.41, 5.74) is 0.135. The number of ketones is 1. The molecule has 1 saturated heterocycles. The normalized spacial score (nSPS) is 30.2. The van der Waals surface area contributed by atoms with Gasteiger partial charge in [0.25, 0.3) is 0 Å².